The van der Waals surface area contributed by atoms with Crippen LogP contribution in [-0.2, 0) is 6.61 Å². The minimum atomic E-state index is -0.0498. The molecule has 2 heterocycles. The third kappa shape index (κ3) is 1.21. The van der Waals surface area contributed by atoms with Crippen molar-refractivity contribution in [2.24, 2.45) is 0 Å². The van der Waals surface area contributed by atoms with E-state index in [0.717, 1.165) is 5.13 Å². The molecule has 0 aliphatic heterocycles. The monoisotopic (exact) mass is 182 g/mol. The van der Waals surface area contributed by atoms with Crippen LogP contribution in [0.25, 0.3) is 5.13 Å². The van der Waals surface area contributed by atoms with Gasteiger partial charge in [-0.15, -0.1) is 10.2 Å². The lowest BCUT2D eigenvalue weighted by Crippen LogP contribution is -1.88. The molecule has 0 bridgehead atoms. The number of aliphatic hydroxyl groups is 1. The second-order valence-corrected chi connectivity index (χ2v) is 2.96. The normalized spacial score (nSPS) is 10.4. The van der Waals surface area contributed by atoms with E-state index in [-0.39, 0.29) is 6.61 Å². The van der Waals surface area contributed by atoms with Gasteiger partial charge in [-0.05, 0) is 0 Å². The van der Waals surface area contributed by atoms with Crippen LogP contribution >= 0.6 is 11.3 Å². The third-order valence-electron chi connectivity index (χ3n) is 1.37. The fourth-order valence-electron chi connectivity index (χ4n) is 0.830. The Morgan fingerprint density at radius 3 is 3.08 bits per heavy atom. The Kier molecular flexibility index (Phi) is 1.84. The molecule has 0 amide bonds. The van der Waals surface area contributed by atoms with E-state index in [2.05, 4.69) is 15.2 Å². The molecule has 0 atom stereocenters. The molecule has 0 saturated heterocycles. The lowest BCUT2D eigenvalue weighted by Gasteiger charge is -1.89. The first-order valence-corrected chi connectivity index (χ1v) is 4.18. The van der Waals surface area contributed by atoms with Gasteiger partial charge in [0.25, 0.3) is 0 Å². The molecule has 6 heteroatoms. The smallest absolute Gasteiger partial charge is 0.217 e. The van der Waals surface area contributed by atoms with Crippen molar-refractivity contribution in [1.29, 1.82) is 0 Å². The maximum absolute atomic E-state index is 8.74. The van der Waals surface area contributed by atoms with E-state index in [0.29, 0.717) is 5.69 Å². The lowest BCUT2D eigenvalue weighted by molar-refractivity contribution is 0.277. The van der Waals surface area contributed by atoms with Gasteiger partial charge in [0.1, 0.15) is 11.8 Å². The fraction of sp³-hybridized carbons (Fsp3) is 0.167. The summed E-state index contributed by atoms with van der Waals surface area (Å²) in [5, 5.41) is 17.0. The number of rotatable bonds is 2. The van der Waals surface area contributed by atoms with Crippen molar-refractivity contribution in [2.75, 3.05) is 0 Å². The van der Waals surface area contributed by atoms with Crippen molar-refractivity contribution in [3.63, 3.8) is 0 Å². The Balaban J connectivity index is 2.35. The number of aromatic nitrogens is 4. The molecule has 0 spiro atoms. The summed E-state index contributed by atoms with van der Waals surface area (Å²) >= 11 is 1.42. The molecule has 0 fully saturated rings. The molecule has 0 aliphatic carbocycles. The number of hydrogen-bond acceptors (Lipinski definition) is 5. The van der Waals surface area contributed by atoms with Gasteiger partial charge in [0, 0.05) is 6.20 Å². The van der Waals surface area contributed by atoms with Crippen LogP contribution in [-0.4, -0.2) is 24.9 Å². The van der Waals surface area contributed by atoms with Gasteiger partial charge in [-0.2, -0.15) is 0 Å². The van der Waals surface area contributed by atoms with E-state index < -0.39 is 0 Å². The Morgan fingerprint density at radius 1 is 1.58 bits per heavy atom. The summed E-state index contributed by atoms with van der Waals surface area (Å²) in [7, 11) is 0. The minimum absolute atomic E-state index is 0.0498. The molecule has 62 valence electrons. The molecule has 0 unspecified atom stereocenters. The highest BCUT2D eigenvalue weighted by Crippen LogP contribution is 2.09. The molecule has 2 aromatic rings. The first kappa shape index (κ1) is 7.38. The van der Waals surface area contributed by atoms with Crippen LogP contribution in [0.5, 0.6) is 0 Å². The summed E-state index contributed by atoms with van der Waals surface area (Å²) in [4.78, 5) is 3.94. The van der Waals surface area contributed by atoms with Gasteiger partial charge < -0.3 is 5.11 Å². The predicted octanol–water partition coefficient (Wildman–Crippen LogP) is 0.216. The first-order valence-electron chi connectivity index (χ1n) is 3.30. The van der Waals surface area contributed by atoms with Crippen molar-refractivity contribution in [1.82, 2.24) is 19.7 Å². The van der Waals surface area contributed by atoms with Crippen LogP contribution in [0.1, 0.15) is 5.69 Å². The summed E-state index contributed by atoms with van der Waals surface area (Å²) < 4.78 is 1.73. The second-order valence-electron chi connectivity index (χ2n) is 2.15. The Morgan fingerprint density at radius 2 is 2.50 bits per heavy atom. The second kappa shape index (κ2) is 3.00. The molecule has 0 aliphatic rings. The van der Waals surface area contributed by atoms with Crippen molar-refractivity contribution in [3.8, 4) is 5.13 Å². The average Bonchev–Trinajstić information content (AvgIpc) is 2.75. The predicted molar refractivity (Wildman–Crippen MR) is 43.0 cm³/mol. The topological polar surface area (TPSA) is 63.8 Å². The summed E-state index contributed by atoms with van der Waals surface area (Å²) in [6.45, 7) is -0.0498. The number of nitrogens with zero attached hydrogens (tertiary/aromatic N) is 4. The highest BCUT2D eigenvalue weighted by molar-refractivity contribution is 7.11. The molecule has 0 radical (unpaired) electrons. The molecule has 0 aromatic carbocycles. The summed E-state index contributed by atoms with van der Waals surface area (Å²) in [5.41, 5.74) is 2.28. The van der Waals surface area contributed by atoms with Gasteiger partial charge in [0.2, 0.25) is 5.13 Å². The highest BCUT2D eigenvalue weighted by Gasteiger charge is 2.01. The molecule has 2 rings (SSSR count). The molecule has 0 saturated carbocycles. The van der Waals surface area contributed by atoms with E-state index in [1.165, 1.54) is 11.3 Å². The van der Waals surface area contributed by atoms with Gasteiger partial charge in [-0.3, -0.25) is 4.57 Å². The molecule has 1 N–H and O–H groups in total. The standard InChI is InChI=1S/C6H6N4OS/c11-2-5-1-10(3-7-5)6-9-8-4-12-6/h1,3-4,11H,2H2. The number of aliphatic hydroxyl groups excluding tert-OH is 1. The van der Waals surface area contributed by atoms with Crippen LogP contribution in [0.4, 0.5) is 0 Å². The quantitative estimate of drug-likeness (QED) is 0.721. The van der Waals surface area contributed by atoms with E-state index >= 15 is 0 Å². The summed E-state index contributed by atoms with van der Waals surface area (Å²) in [6, 6.07) is 0. The van der Waals surface area contributed by atoms with Gasteiger partial charge in [0.05, 0.1) is 12.3 Å². The van der Waals surface area contributed by atoms with Crippen molar-refractivity contribution in [3.05, 3.63) is 23.7 Å². The van der Waals surface area contributed by atoms with Crippen LogP contribution in [0.15, 0.2) is 18.0 Å². The summed E-state index contributed by atoms with van der Waals surface area (Å²) in [5.74, 6) is 0. The number of hydrogen-bond donors (Lipinski definition) is 1. The maximum atomic E-state index is 8.74. The van der Waals surface area contributed by atoms with Gasteiger partial charge >= 0.3 is 0 Å². The Labute approximate surface area is 72.3 Å². The largest absolute Gasteiger partial charge is 0.390 e. The molecular weight excluding hydrogens is 176 g/mol. The lowest BCUT2D eigenvalue weighted by atomic mass is 10.5. The number of imidazole rings is 1. The zero-order valence-electron chi connectivity index (χ0n) is 6.08. The fourth-order valence-corrected chi connectivity index (χ4v) is 1.33. The van der Waals surface area contributed by atoms with Crippen molar-refractivity contribution < 1.29 is 5.11 Å². The van der Waals surface area contributed by atoms with Gasteiger partial charge in [-0.25, -0.2) is 4.98 Å². The van der Waals surface area contributed by atoms with Crippen LogP contribution < -0.4 is 0 Å². The third-order valence-corrected chi connectivity index (χ3v) is 2.07. The van der Waals surface area contributed by atoms with Crippen LogP contribution in [0.3, 0.4) is 0 Å². The summed E-state index contributed by atoms with van der Waals surface area (Å²) in [6.07, 6.45) is 3.33. The molecule has 2 aromatic heterocycles. The van der Waals surface area contributed by atoms with Gasteiger partial charge in [-0.1, -0.05) is 11.3 Å². The van der Waals surface area contributed by atoms with Gasteiger partial charge in [0.15, 0.2) is 0 Å². The zero-order chi connectivity index (χ0) is 8.39. The van der Waals surface area contributed by atoms with Crippen LogP contribution in [0, 0.1) is 0 Å². The first-order chi connectivity index (χ1) is 5.90. The van der Waals surface area contributed by atoms with E-state index in [9.17, 15) is 0 Å². The Bertz CT molecular complexity index is 355. The van der Waals surface area contributed by atoms with Crippen LogP contribution in [0.2, 0.25) is 0 Å². The SMILES string of the molecule is OCc1cn(-c2nncs2)cn1. The van der Waals surface area contributed by atoms with Crippen molar-refractivity contribution in [2.45, 2.75) is 6.61 Å². The van der Waals surface area contributed by atoms with Crippen molar-refractivity contribution >= 4 is 11.3 Å². The van der Waals surface area contributed by atoms with E-state index in [4.69, 9.17) is 5.11 Å². The minimum Gasteiger partial charge on any atom is -0.390 e. The average molecular weight is 182 g/mol. The molecule has 5 nitrogen and oxygen atoms in total. The maximum Gasteiger partial charge on any atom is 0.217 e. The van der Waals surface area contributed by atoms with E-state index in [1.807, 2.05) is 0 Å². The van der Waals surface area contributed by atoms with E-state index in [1.54, 1.807) is 22.6 Å². The molecule has 12 heavy (non-hydrogen) atoms. The highest BCUT2D eigenvalue weighted by atomic mass is 32.1. The Hall–Kier alpha value is -1.27. The molecular formula is C6H6N4OS. The zero-order valence-corrected chi connectivity index (χ0v) is 6.90.